The molecule has 4 heteroatoms. The van der Waals surface area contributed by atoms with Crippen LogP contribution < -0.4 is 0 Å². The molecule has 2 heterocycles. The smallest absolute Gasteiger partial charge is 0.188 e. The van der Waals surface area contributed by atoms with Crippen molar-refractivity contribution < 1.29 is 9.47 Å². The molecule has 0 saturated heterocycles. The van der Waals surface area contributed by atoms with Gasteiger partial charge >= 0.3 is 0 Å². The number of aryl methyl sites for hydroxylation is 2. The summed E-state index contributed by atoms with van der Waals surface area (Å²) in [5.41, 5.74) is 6.60. The van der Waals surface area contributed by atoms with Gasteiger partial charge in [-0.2, -0.15) is 0 Å². The normalized spacial score (nSPS) is 22.1. The second kappa shape index (κ2) is 8.04. The van der Waals surface area contributed by atoms with Crippen LogP contribution in [-0.4, -0.2) is 37.1 Å². The standard InChI is InChI=1S/C23H34N2O2/c1-13(2)20-11-26-22(24-20)9-18-15(5)8-16(6)19(17(18)7)10-23-25-21(12-27-23)14(3)4/h8,13-14,20-21H,9-12H2,1-7H3/t20-,21-/m1/s1. The molecule has 3 rings (SSSR count). The Labute approximate surface area is 164 Å². The first kappa shape index (κ1) is 19.9. The van der Waals surface area contributed by atoms with Crippen LogP contribution in [0.3, 0.4) is 0 Å². The lowest BCUT2D eigenvalue weighted by atomic mass is 9.90. The highest BCUT2D eigenvalue weighted by molar-refractivity contribution is 5.83. The van der Waals surface area contributed by atoms with Crippen LogP contribution in [-0.2, 0) is 22.3 Å². The van der Waals surface area contributed by atoms with Gasteiger partial charge in [-0.25, -0.2) is 9.98 Å². The summed E-state index contributed by atoms with van der Waals surface area (Å²) in [5, 5.41) is 0. The molecule has 0 unspecified atom stereocenters. The van der Waals surface area contributed by atoms with Crippen LogP contribution in [0.4, 0.5) is 0 Å². The summed E-state index contributed by atoms with van der Waals surface area (Å²) < 4.78 is 11.8. The van der Waals surface area contributed by atoms with Gasteiger partial charge in [0.15, 0.2) is 11.8 Å². The maximum absolute atomic E-state index is 5.89. The lowest BCUT2D eigenvalue weighted by molar-refractivity contribution is 0.287. The van der Waals surface area contributed by atoms with E-state index in [-0.39, 0.29) is 0 Å². The number of hydrogen-bond acceptors (Lipinski definition) is 4. The topological polar surface area (TPSA) is 43.2 Å². The van der Waals surface area contributed by atoms with Gasteiger partial charge in [-0.1, -0.05) is 33.8 Å². The zero-order chi connectivity index (χ0) is 19.7. The minimum atomic E-state index is 0.291. The third-order valence-corrected chi connectivity index (χ3v) is 5.95. The number of hydrogen-bond donors (Lipinski definition) is 0. The molecule has 0 spiro atoms. The maximum atomic E-state index is 5.89. The molecule has 2 aliphatic heterocycles. The van der Waals surface area contributed by atoms with Gasteiger partial charge in [-0.3, -0.25) is 0 Å². The quantitative estimate of drug-likeness (QED) is 0.734. The van der Waals surface area contributed by atoms with Gasteiger partial charge in [0.05, 0.1) is 12.1 Å². The summed E-state index contributed by atoms with van der Waals surface area (Å²) in [4.78, 5) is 9.59. The highest BCUT2D eigenvalue weighted by Gasteiger charge is 2.25. The molecule has 4 nitrogen and oxygen atoms in total. The highest BCUT2D eigenvalue weighted by Crippen LogP contribution is 2.27. The zero-order valence-corrected chi connectivity index (χ0v) is 17.9. The molecular formula is C23H34N2O2. The van der Waals surface area contributed by atoms with E-state index in [4.69, 9.17) is 19.5 Å². The van der Waals surface area contributed by atoms with Crippen LogP contribution in [0.25, 0.3) is 0 Å². The van der Waals surface area contributed by atoms with E-state index in [1.807, 2.05) is 0 Å². The van der Waals surface area contributed by atoms with E-state index in [2.05, 4.69) is 54.5 Å². The van der Waals surface area contributed by atoms with E-state index < -0.39 is 0 Å². The minimum Gasteiger partial charge on any atom is -0.478 e. The predicted molar refractivity (Wildman–Crippen MR) is 112 cm³/mol. The number of aliphatic imine (C=N–C) groups is 2. The summed E-state index contributed by atoms with van der Waals surface area (Å²) in [5.74, 6) is 2.79. The Balaban J connectivity index is 1.84. The van der Waals surface area contributed by atoms with Crippen LogP contribution in [0.1, 0.15) is 55.5 Å². The van der Waals surface area contributed by atoms with Gasteiger partial charge in [0, 0.05) is 12.8 Å². The highest BCUT2D eigenvalue weighted by atomic mass is 16.5. The SMILES string of the molecule is Cc1cc(C)c(CC2=N[C@@H](C(C)C)CO2)c(C)c1CC1=N[C@@H](C(C)C)CO1. The Morgan fingerprint density at radius 3 is 1.56 bits per heavy atom. The largest absolute Gasteiger partial charge is 0.478 e. The van der Waals surface area contributed by atoms with Crippen molar-refractivity contribution in [2.24, 2.45) is 21.8 Å². The summed E-state index contributed by atoms with van der Waals surface area (Å²) in [7, 11) is 0. The third-order valence-electron chi connectivity index (χ3n) is 5.95. The second-order valence-electron chi connectivity index (χ2n) is 8.74. The van der Waals surface area contributed by atoms with Crippen molar-refractivity contribution in [1.29, 1.82) is 0 Å². The molecule has 0 amide bonds. The predicted octanol–water partition coefficient (Wildman–Crippen LogP) is 4.60. The lowest BCUT2D eigenvalue weighted by Gasteiger charge is -2.17. The second-order valence-corrected chi connectivity index (χ2v) is 8.74. The molecule has 1 aromatic carbocycles. The Bertz CT molecular complexity index is 702. The molecule has 0 bridgehead atoms. The average molecular weight is 371 g/mol. The van der Waals surface area contributed by atoms with Crippen LogP contribution in [0.15, 0.2) is 16.1 Å². The maximum Gasteiger partial charge on any atom is 0.188 e. The first-order chi connectivity index (χ1) is 12.8. The van der Waals surface area contributed by atoms with Crippen molar-refractivity contribution in [2.75, 3.05) is 13.2 Å². The third kappa shape index (κ3) is 4.36. The summed E-state index contributed by atoms with van der Waals surface area (Å²) in [6.07, 6.45) is 1.55. The Morgan fingerprint density at radius 2 is 1.22 bits per heavy atom. The Hall–Kier alpha value is -1.84. The molecule has 1 aromatic rings. The number of nitrogens with zero attached hydrogens (tertiary/aromatic N) is 2. The van der Waals surface area contributed by atoms with Gasteiger partial charge in [-0.05, 0) is 60.4 Å². The number of benzene rings is 1. The first-order valence-electron chi connectivity index (χ1n) is 10.2. The van der Waals surface area contributed by atoms with Crippen molar-refractivity contribution in [3.05, 3.63) is 33.9 Å². The summed E-state index contributed by atoms with van der Waals surface area (Å²) >= 11 is 0. The van der Waals surface area contributed by atoms with Crippen molar-refractivity contribution in [1.82, 2.24) is 0 Å². The van der Waals surface area contributed by atoms with Crippen LogP contribution >= 0.6 is 0 Å². The molecule has 0 aromatic heterocycles. The Kier molecular flexibility index (Phi) is 5.92. The van der Waals surface area contributed by atoms with Crippen molar-refractivity contribution in [3.8, 4) is 0 Å². The molecule has 0 saturated carbocycles. The van der Waals surface area contributed by atoms with Gasteiger partial charge in [-0.15, -0.1) is 0 Å². The van der Waals surface area contributed by atoms with Gasteiger partial charge in [0.2, 0.25) is 0 Å². The summed E-state index contributed by atoms with van der Waals surface area (Å²) in [6.45, 7) is 16.8. The van der Waals surface area contributed by atoms with Gasteiger partial charge in [0.25, 0.3) is 0 Å². The average Bonchev–Trinajstić information content (AvgIpc) is 3.25. The van der Waals surface area contributed by atoms with E-state index in [0.29, 0.717) is 37.1 Å². The van der Waals surface area contributed by atoms with Crippen molar-refractivity contribution >= 4 is 11.8 Å². The molecule has 27 heavy (non-hydrogen) atoms. The van der Waals surface area contributed by atoms with Crippen LogP contribution in [0, 0.1) is 32.6 Å². The lowest BCUT2D eigenvalue weighted by Crippen LogP contribution is -2.13. The molecule has 0 aliphatic carbocycles. The molecular weight excluding hydrogens is 336 g/mol. The first-order valence-corrected chi connectivity index (χ1v) is 10.2. The van der Waals surface area contributed by atoms with E-state index in [1.54, 1.807) is 0 Å². The van der Waals surface area contributed by atoms with E-state index in [9.17, 15) is 0 Å². The number of rotatable bonds is 6. The van der Waals surface area contributed by atoms with Crippen molar-refractivity contribution in [2.45, 2.75) is 73.4 Å². The molecule has 0 radical (unpaired) electrons. The van der Waals surface area contributed by atoms with Crippen LogP contribution in [0.5, 0.6) is 0 Å². The fraction of sp³-hybridized carbons (Fsp3) is 0.652. The Morgan fingerprint density at radius 1 is 0.815 bits per heavy atom. The fourth-order valence-corrected chi connectivity index (χ4v) is 3.88. The van der Waals surface area contributed by atoms with Gasteiger partial charge in [0.1, 0.15) is 13.2 Å². The fourth-order valence-electron chi connectivity index (χ4n) is 3.88. The summed E-state index contributed by atoms with van der Waals surface area (Å²) in [6, 6.07) is 2.86. The van der Waals surface area contributed by atoms with Gasteiger partial charge < -0.3 is 9.47 Å². The van der Waals surface area contributed by atoms with E-state index in [0.717, 1.165) is 24.6 Å². The molecule has 0 N–H and O–H groups in total. The zero-order valence-electron chi connectivity index (χ0n) is 17.9. The molecule has 2 atom stereocenters. The molecule has 148 valence electrons. The monoisotopic (exact) mass is 370 g/mol. The van der Waals surface area contributed by atoms with Crippen LogP contribution in [0.2, 0.25) is 0 Å². The minimum absolute atomic E-state index is 0.291. The van der Waals surface area contributed by atoms with Crippen molar-refractivity contribution in [3.63, 3.8) is 0 Å². The molecule has 2 aliphatic rings. The van der Waals surface area contributed by atoms with E-state index in [1.165, 1.54) is 27.8 Å². The van der Waals surface area contributed by atoms with E-state index >= 15 is 0 Å². The molecule has 0 fully saturated rings. The number of ether oxygens (including phenoxy) is 2.